The molecule has 2 unspecified atom stereocenters. The van der Waals surface area contributed by atoms with E-state index in [2.05, 4.69) is 24.3 Å². The maximum atomic E-state index is 12.8. The first-order chi connectivity index (χ1) is 9.96. The molecule has 0 saturated heterocycles. The molecule has 0 spiro atoms. The molecule has 1 amide bonds. The van der Waals surface area contributed by atoms with Crippen LogP contribution in [0.25, 0.3) is 0 Å². The number of carbonyl (C=O) groups is 1. The van der Waals surface area contributed by atoms with Crippen LogP contribution in [-0.2, 0) is 4.79 Å². The molecule has 0 heterocycles. The molecule has 0 aromatic heterocycles. The molecule has 4 N–H and O–H groups in total. The van der Waals surface area contributed by atoms with Crippen molar-refractivity contribution >= 4 is 11.7 Å². The number of nitrogens with one attached hydrogen (secondary N) is 1. The van der Waals surface area contributed by atoms with Gasteiger partial charge in [0.15, 0.2) is 5.84 Å². The Kier molecular flexibility index (Phi) is 6.99. The number of rotatable bonds is 6. The van der Waals surface area contributed by atoms with Crippen LogP contribution in [0, 0.1) is 11.3 Å². The van der Waals surface area contributed by atoms with Crippen molar-refractivity contribution < 1.29 is 10.0 Å². The van der Waals surface area contributed by atoms with Gasteiger partial charge in [-0.1, -0.05) is 51.1 Å². The van der Waals surface area contributed by atoms with Crippen molar-refractivity contribution in [3.63, 3.8) is 0 Å². The van der Waals surface area contributed by atoms with Crippen molar-refractivity contribution in [2.75, 3.05) is 0 Å². The van der Waals surface area contributed by atoms with Crippen molar-refractivity contribution in [2.45, 2.75) is 78.2 Å². The largest absolute Gasteiger partial charge is 0.409 e. The fraction of sp³-hybridized carbons (Fsp3) is 0.875. The average Bonchev–Trinajstić information content (AvgIpc) is 2.72. The van der Waals surface area contributed by atoms with E-state index < -0.39 is 5.41 Å². The minimum absolute atomic E-state index is 0.0673. The topological polar surface area (TPSA) is 87.7 Å². The molecule has 122 valence electrons. The lowest BCUT2D eigenvalue weighted by Gasteiger charge is -2.31. The van der Waals surface area contributed by atoms with Gasteiger partial charge in [0.05, 0.1) is 0 Å². The number of hydrogen-bond donors (Lipinski definition) is 3. The predicted molar refractivity (Wildman–Crippen MR) is 85.2 cm³/mol. The molecule has 1 fully saturated rings. The minimum Gasteiger partial charge on any atom is -0.409 e. The highest BCUT2D eigenvalue weighted by Crippen LogP contribution is 2.36. The highest BCUT2D eigenvalue weighted by molar-refractivity contribution is 6.06. The molecule has 0 bridgehead atoms. The first-order valence-electron chi connectivity index (χ1n) is 8.25. The van der Waals surface area contributed by atoms with Crippen LogP contribution in [0.5, 0.6) is 0 Å². The molecule has 0 aliphatic heterocycles. The molecule has 5 nitrogen and oxygen atoms in total. The van der Waals surface area contributed by atoms with E-state index in [1.54, 1.807) is 0 Å². The Bertz CT molecular complexity index is 361. The second-order valence-corrected chi connectivity index (χ2v) is 6.61. The van der Waals surface area contributed by atoms with Crippen molar-refractivity contribution in [2.24, 2.45) is 22.2 Å². The van der Waals surface area contributed by atoms with Gasteiger partial charge in [-0.15, -0.1) is 0 Å². The second-order valence-electron chi connectivity index (χ2n) is 6.61. The molecule has 0 aromatic carbocycles. The quantitative estimate of drug-likeness (QED) is 0.231. The lowest BCUT2D eigenvalue weighted by molar-refractivity contribution is -0.129. The molecule has 0 radical (unpaired) electrons. The Balaban J connectivity index is 2.81. The molecular weight excluding hydrogens is 266 g/mol. The van der Waals surface area contributed by atoms with Crippen LogP contribution in [0.4, 0.5) is 0 Å². The summed E-state index contributed by atoms with van der Waals surface area (Å²) < 4.78 is 0. The van der Waals surface area contributed by atoms with Gasteiger partial charge in [-0.2, -0.15) is 0 Å². The zero-order valence-electron chi connectivity index (χ0n) is 13.7. The van der Waals surface area contributed by atoms with Crippen LogP contribution in [0.2, 0.25) is 0 Å². The lowest BCUT2D eigenvalue weighted by atomic mass is 9.78. The Hall–Kier alpha value is -1.26. The summed E-state index contributed by atoms with van der Waals surface area (Å²) in [6.45, 7) is 6.37. The molecule has 2 atom stereocenters. The van der Waals surface area contributed by atoms with Crippen molar-refractivity contribution in [3.8, 4) is 0 Å². The third-order valence-corrected chi connectivity index (χ3v) is 4.82. The van der Waals surface area contributed by atoms with Crippen LogP contribution in [0.1, 0.15) is 72.1 Å². The monoisotopic (exact) mass is 297 g/mol. The van der Waals surface area contributed by atoms with Crippen molar-refractivity contribution in [1.82, 2.24) is 5.32 Å². The van der Waals surface area contributed by atoms with Gasteiger partial charge < -0.3 is 16.3 Å². The molecule has 1 saturated carbocycles. The number of hydrogen-bond acceptors (Lipinski definition) is 3. The normalized spacial score (nSPS) is 22.1. The summed E-state index contributed by atoms with van der Waals surface area (Å²) >= 11 is 0. The van der Waals surface area contributed by atoms with Gasteiger partial charge >= 0.3 is 0 Å². The fourth-order valence-corrected chi connectivity index (χ4v) is 3.22. The average molecular weight is 297 g/mol. The molecule has 1 aliphatic rings. The van der Waals surface area contributed by atoms with Gasteiger partial charge in [-0.25, -0.2) is 0 Å². The maximum absolute atomic E-state index is 12.8. The van der Waals surface area contributed by atoms with Gasteiger partial charge in [0, 0.05) is 6.04 Å². The van der Waals surface area contributed by atoms with Crippen LogP contribution in [-0.4, -0.2) is 23.0 Å². The summed E-state index contributed by atoms with van der Waals surface area (Å²) in [6, 6.07) is 0.110. The lowest BCUT2D eigenvalue weighted by Crippen LogP contribution is -2.52. The number of amidine groups is 1. The standard InChI is InChI=1S/C16H31N3O2/c1-4-12(2)11-13(3)18-15(20)16(14(17)19-21)9-7-5-6-8-10-16/h12-13,21H,4-11H2,1-3H3,(H2,17,19)(H,18,20). The smallest absolute Gasteiger partial charge is 0.234 e. The Morgan fingerprint density at radius 1 is 1.29 bits per heavy atom. The summed E-state index contributed by atoms with van der Waals surface area (Å²) in [4.78, 5) is 12.8. The number of oxime groups is 1. The van der Waals surface area contributed by atoms with Gasteiger partial charge in [0.25, 0.3) is 0 Å². The molecule has 0 aromatic rings. The van der Waals surface area contributed by atoms with E-state index in [9.17, 15) is 4.79 Å². The summed E-state index contributed by atoms with van der Waals surface area (Å²) in [6.07, 6.45) is 7.51. The highest BCUT2D eigenvalue weighted by Gasteiger charge is 2.43. The zero-order valence-corrected chi connectivity index (χ0v) is 13.7. The molecule has 5 heteroatoms. The van der Waals surface area contributed by atoms with Gasteiger partial charge in [0.1, 0.15) is 5.41 Å². The van der Waals surface area contributed by atoms with Crippen LogP contribution in [0.3, 0.4) is 0 Å². The third-order valence-electron chi connectivity index (χ3n) is 4.82. The van der Waals surface area contributed by atoms with Gasteiger partial charge in [-0.05, 0) is 32.1 Å². The van der Waals surface area contributed by atoms with Gasteiger partial charge in [-0.3, -0.25) is 4.79 Å². The fourth-order valence-electron chi connectivity index (χ4n) is 3.22. The number of nitrogens with two attached hydrogens (primary N) is 1. The molecule has 21 heavy (non-hydrogen) atoms. The number of nitrogens with zero attached hydrogens (tertiary/aromatic N) is 1. The second kappa shape index (κ2) is 8.25. The van der Waals surface area contributed by atoms with Crippen LogP contribution in [0.15, 0.2) is 5.16 Å². The summed E-state index contributed by atoms with van der Waals surface area (Å²) in [5, 5.41) is 15.3. The zero-order chi connectivity index (χ0) is 15.9. The summed E-state index contributed by atoms with van der Waals surface area (Å²) in [7, 11) is 0. The minimum atomic E-state index is -0.824. The number of amides is 1. The first kappa shape index (κ1) is 17.8. The first-order valence-corrected chi connectivity index (χ1v) is 8.25. The van der Waals surface area contributed by atoms with E-state index in [1.807, 2.05) is 6.92 Å². The summed E-state index contributed by atoms with van der Waals surface area (Å²) in [5.74, 6) is 0.572. The van der Waals surface area contributed by atoms with E-state index in [1.165, 1.54) is 0 Å². The molecule has 1 aliphatic carbocycles. The SMILES string of the molecule is CCC(C)CC(C)NC(=O)C1(C(N)=NO)CCCCCC1. The van der Waals surface area contributed by atoms with E-state index >= 15 is 0 Å². The number of carbonyl (C=O) groups excluding carboxylic acids is 1. The van der Waals surface area contributed by atoms with E-state index in [0.717, 1.165) is 38.5 Å². The summed E-state index contributed by atoms with van der Waals surface area (Å²) in [5.41, 5.74) is 5.07. The Morgan fingerprint density at radius 3 is 2.33 bits per heavy atom. The van der Waals surface area contributed by atoms with Gasteiger partial charge in [0.2, 0.25) is 5.91 Å². The highest BCUT2D eigenvalue weighted by atomic mass is 16.4. The Morgan fingerprint density at radius 2 is 1.86 bits per heavy atom. The van der Waals surface area contributed by atoms with Crippen molar-refractivity contribution in [3.05, 3.63) is 0 Å². The Labute approximate surface area is 128 Å². The van der Waals surface area contributed by atoms with Crippen molar-refractivity contribution in [1.29, 1.82) is 0 Å². The molecule has 1 rings (SSSR count). The van der Waals surface area contributed by atoms with E-state index in [-0.39, 0.29) is 17.8 Å². The maximum Gasteiger partial charge on any atom is 0.234 e. The van der Waals surface area contributed by atoms with E-state index in [4.69, 9.17) is 10.9 Å². The van der Waals surface area contributed by atoms with Crippen LogP contribution < -0.4 is 11.1 Å². The van der Waals surface area contributed by atoms with E-state index in [0.29, 0.717) is 18.8 Å². The predicted octanol–water partition coefficient (Wildman–Crippen LogP) is 3.01. The van der Waals surface area contributed by atoms with Crippen LogP contribution >= 0.6 is 0 Å². The molecular formula is C16H31N3O2. The third kappa shape index (κ3) is 4.61.